The number of carbonyl (C=O) groups excluding carboxylic acids is 1. The summed E-state index contributed by atoms with van der Waals surface area (Å²) in [6, 6.07) is 9.91. The molecule has 3 heteroatoms. The minimum Gasteiger partial charge on any atom is -0.297 e. The van der Waals surface area contributed by atoms with Gasteiger partial charge in [-0.05, 0) is 39.1 Å². The van der Waals surface area contributed by atoms with E-state index < -0.39 is 0 Å². The summed E-state index contributed by atoms with van der Waals surface area (Å²) in [5.74, 6) is 0.221. The molecular weight excluding hydrogens is 248 g/mol. The summed E-state index contributed by atoms with van der Waals surface area (Å²) >= 11 is 0. The van der Waals surface area contributed by atoms with Crippen molar-refractivity contribution in [3.8, 4) is 0 Å². The van der Waals surface area contributed by atoms with Crippen LogP contribution in [0, 0.1) is 0 Å². The molecule has 1 aliphatic rings. The Morgan fingerprint density at radius 1 is 1.20 bits per heavy atom. The molecule has 1 aromatic heterocycles. The van der Waals surface area contributed by atoms with Crippen molar-refractivity contribution in [3.63, 3.8) is 0 Å². The zero-order valence-corrected chi connectivity index (χ0v) is 12.1. The molecule has 0 bridgehead atoms. The van der Waals surface area contributed by atoms with Gasteiger partial charge < -0.3 is 0 Å². The molecule has 0 aliphatic heterocycles. The van der Waals surface area contributed by atoms with Crippen LogP contribution in [0.25, 0.3) is 10.9 Å². The fourth-order valence-electron chi connectivity index (χ4n) is 3.30. The van der Waals surface area contributed by atoms with Gasteiger partial charge in [0.05, 0.1) is 11.1 Å². The van der Waals surface area contributed by atoms with Crippen LogP contribution in [0.2, 0.25) is 0 Å². The van der Waals surface area contributed by atoms with Crippen LogP contribution < -0.4 is 0 Å². The molecule has 3 rings (SSSR count). The molecule has 1 heterocycles. The summed E-state index contributed by atoms with van der Waals surface area (Å²) in [4.78, 5) is 19.5. The van der Waals surface area contributed by atoms with Gasteiger partial charge in [0.25, 0.3) is 0 Å². The minimum absolute atomic E-state index is 0.221. The summed E-state index contributed by atoms with van der Waals surface area (Å²) in [5, 5.41) is 1.03. The highest BCUT2D eigenvalue weighted by Crippen LogP contribution is 2.36. The molecule has 2 aromatic rings. The number of hydrogen-bond donors (Lipinski definition) is 0. The number of rotatable bonds is 3. The van der Waals surface area contributed by atoms with Crippen molar-refractivity contribution in [3.05, 3.63) is 42.1 Å². The first-order valence-electron chi connectivity index (χ1n) is 7.20. The van der Waals surface area contributed by atoms with Crippen LogP contribution in [-0.2, 0) is 0 Å². The van der Waals surface area contributed by atoms with Crippen LogP contribution in [0.5, 0.6) is 0 Å². The van der Waals surface area contributed by atoms with E-state index in [-0.39, 0.29) is 11.3 Å². The Kier molecular flexibility index (Phi) is 3.30. The van der Waals surface area contributed by atoms with Gasteiger partial charge >= 0.3 is 0 Å². The molecule has 104 valence electrons. The first-order chi connectivity index (χ1) is 9.63. The highest BCUT2D eigenvalue weighted by atomic mass is 16.1. The predicted octanol–water partition coefficient (Wildman–Crippen LogP) is 3.29. The maximum absolute atomic E-state index is 13.0. The number of para-hydroxylation sites is 1. The zero-order chi connectivity index (χ0) is 14.2. The van der Waals surface area contributed by atoms with E-state index in [4.69, 9.17) is 0 Å². The van der Waals surface area contributed by atoms with Gasteiger partial charge in [0.15, 0.2) is 5.78 Å². The van der Waals surface area contributed by atoms with Gasteiger partial charge in [-0.15, -0.1) is 0 Å². The molecule has 0 N–H and O–H groups in total. The van der Waals surface area contributed by atoms with Crippen molar-refractivity contribution in [2.45, 2.75) is 31.2 Å². The second-order valence-corrected chi connectivity index (χ2v) is 5.88. The van der Waals surface area contributed by atoms with Crippen LogP contribution in [0.1, 0.15) is 36.0 Å². The van der Waals surface area contributed by atoms with E-state index in [1.165, 1.54) is 0 Å². The molecule has 0 spiro atoms. The van der Waals surface area contributed by atoms with E-state index in [1.54, 1.807) is 6.20 Å². The lowest BCUT2D eigenvalue weighted by Gasteiger charge is -2.34. The standard InChI is InChI=1S/C17H20N2O/c1-19(2)17(9-5-6-10-17)16(20)14-11-13-7-3-4-8-15(13)18-12-14/h3-4,7-8,11-12H,5-6,9-10H2,1-2H3. The monoisotopic (exact) mass is 268 g/mol. The predicted molar refractivity (Wildman–Crippen MR) is 81.0 cm³/mol. The third kappa shape index (κ3) is 2.02. The average molecular weight is 268 g/mol. The van der Waals surface area contributed by atoms with Crippen LogP contribution in [0.3, 0.4) is 0 Å². The third-order valence-electron chi connectivity index (χ3n) is 4.56. The van der Waals surface area contributed by atoms with Crippen molar-refractivity contribution in [1.29, 1.82) is 0 Å². The number of nitrogens with zero attached hydrogens (tertiary/aromatic N) is 2. The Labute approximate surface area is 119 Å². The fraction of sp³-hybridized carbons (Fsp3) is 0.412. The van der Waals surface area contributed by atoms with Gasteiger partial charge in [0, 0.05) is 17.1 Å². The third-order valence-corrected chi connectivity index (χ3v) is 4.56. The SMILES string of the molecule is CN(C)C1(C(=O)c2cnc3ccccc3c2)CCCC1. The van der Waals surface area contributed by atoms with E-state index in [1.807, 2.05) is 44.4 Å². The van der Waals surface area contributed by atoms with E-state index in [9.17, 15) is 4.79 Å². The number of hydrogen-bond acceptors (Lipinski definition) is 3. The lowest BCUT2D eigenvalue weighted by atomic mass is 9.86. The van der Waals surface area contributed by atoms with Crippen LogP contribution >= 0.6 is 0 Å². The molecule has 1 saturated carbocycles. The summed E-state index contributed by atoms with van der Waals surface area (Å²) in [6.45, 7) is 0. The highest BCUT2D eigenvalue weighted by Gasteiger charge is 2.43. The van der Waals surface area contributed by atoms with Gasteiger partial charge in [0.2, 0.25) is 0 Å². The number of Topliss-reactive ketones (excluding diaryl/α,β-unsaturated/α-hetero) is 1. The average Bonchev–Trinajstić information content (AvgIpc) is 2.97. The molecule has 1 aromatic carbocycles. The van der Waals surface area contributed by atoms with Crippen molar-refractivity contribution in [2.75, 3.05) is 14.1 Å². The number of carbonyl (C=O) groups is 1. The number of aromatic nitrogens is 1. The number of likely N-dealkylation sites (N-methyl/N-ethyl adjacent to an activating group) is 1. The number of pyridine rings is 1. The topological polar surface area (TPSA) is 33.2 Å². The van der Waals surface area contributed by atoms with Crippen molar-refractivity contribution in [2.24, 2.45) is 0 Å². The Morgan fingerprint density at radius 2 is 1.90 bits per heavy atom. The van der Waals surface area contributed by atoms with Crippen LogP contribution in [0.4, 0.5) is 0 Å². The second kappa shape index (κ2) is 4.98. The van der Waals surface area contributed by atoms with Crippen LogP contribution in [-0.4, -0.2) is 35.3 Å². The van der Waals surface area contributed by atoms with Crippen molar-refractivity contribution >= 4 is 16.7 Å². The van der Waals surface area contributed by atoms with E-state index in [2.05, 4.69) is 9.88 Å². The molecule has 3 nitrogen and oxygen atoms in total. The summed E-state index contributed by atoms with van der Waals surface area (Å²) in [5.41, 5.74) is 1.35. The maximum atomic E-state index is 13.0. The van der Waals surface area contributed by atoms with Gasteiger partial charge in [-0.2, -0.15) is 0 Å². The molecule has 0 saturated heterocycles. The molecular formula is C17H20N2O. The summed E-state index contributed by atoms with van der Waals surface area (Å²) in [7, 11) is 4.02. The number of benzene rings is 1. The molecule has 0 radical (unpaired) electrons. The Balaban J connectivity index is 2.03. The van der Waals surface area contributed by atoms with E-state index in [0.717, 1.165) is 42.1 Å². The van der Waals surface area contributed by atoms with Gasteiger partial charge in [0.1, 0.15) is 0 Å². The maximum Gasteiger partial charge on any atom is 0.184 e. The first kappa shape index (κ1) is 13.3. The molecule has 20 heavy (non-hydrogen) atoms. The molecule has 0 unspecified atom stereocenters. The summed E-state index contributed by atoms with van der Waals surface area (Å²) < 4.78 is 0. The van der Waals surface area contributed by atoms with Gasteiger partial charge in [-0.25, -0.2) is 0 Å². The lowest BCUT2D eigenvalue weighted by molar-refractivity contribution is 0.0693. The number of fused-ring (bicyclic) bond motifs is 1. The largest absolute Gasteiger partial charge is 0.297 e. The molecule has 0 amide bonds. The molecule has 1 fully saturated rings. The normalized spacial score (nSPS) is 17.8. The van der Waals surface area contributed by atoms with Crippen LogP contribution in [0.15, 0.2) is 36.5 Å². The number of ketones is 1. The second-order valence-electron chi connectivity index (χ2n) is 5.88. The Hall–Kier alpha value is -1.74. The zero-order valence-electron chi connectivity index (χ0n) is 12.1. The summed E-state index contributed by atoms with van der Waals surface area (Å²) in [6.07, 6.45) is 5.89. The first-order valence-corrected chi connectivity index (χ1v) is 7.20. The Bertz CT molecular complexity index is 642. The van der Waals surface area contributed by atoms with Crippen molar-refractivity contribution < 1.29 is 4.79 Å². The molecule has 1 aliphatic carbocycles. The van der Waals surface area contributed by atoms with Crippen molar-refractivity contribution in [1.82, 2.24) is 9.88 Å². The van der Waals surface area contributed by atoms with E-state index >= 15 is 0 Å². The Morgan fingerprint density at radius 3 is 2.60 bits per heavy atom. The minimum atomic E-state index is -0.329. The van der Waals surface area contributed by atoms with E-state index in [0.29, 0.717) is 0 Å². The lowest BCUT2D eigenvalue weighted by Crippen LogP contribution is -2.48. The molecule has 0 atom stereocenters. The quantitative estimate of drug-likeness (QED) is 0.801. The van der Waals surface area contributed by atoms with Gasteiger partial charge in [-0.3, -0.25) is 14.7 Å². The van der Waals surface area contributed by atoms with Gasteiger partial charge in [-0.1, -0.05) is 31.0 Å². The smallest absolute Gasteiger partial charge is 0.184 e. The fourth-order valence-corrected chi connectivity index (χ4v) is 3.30. The highest BCUT2D eigenvalue weighted by molar-refractivity contribution is 6.05.